The predicted octanol–water partition coefficient (Wildman–Crippen LogP) is 1.48. The maximum Gasteiger partial charge on any atom is 0.404 e. The van der Waals surface area contributed by atoms with Gasteiger partial charge in [0.2, 0.25) is 0 Å². The van der Waals surface area contributed by atoms with E-state index >= 15 is 0 Å². The maximum atomic E-state index is 12.8. The Morgan fingerprint density at radius 3 is 2.31 bits per heavy atom. The van der Waals surface area contributed by atoms with Crippen LogP contribution in [0.5, 0.6) is 0 Å². The molecule has 0 aliphatic heterocycles. The van der Waals surface area contributed by atoms with Gasteiger partial charge < -0.3 is 15.6 Å². The molecule has 0 heterocycles. The minimum absolute atomic E-state index is 0.0220. The van der Waals surface area contributed by atoms with Gasteiger partial charge in [0, 0.05) is 6.07 Å². The molecule has 1 aromatic carbocycles. The van der Waals surface area contributed by atoms with Gasteiger partial charge in [-0.2, -0.15) is 0 Å². The van der Waals surface area contributed by atoms with E-state index in [2.05, 4.69) is 4.74 Å². The lowest BCUT2D eigenvalue weighted by Gasteiger charge is -2.18. The number of benzene rings is 1. The zero-order valence-corrected chi connectivity index (χ0v) is 8.48. The van der Waals surface area contributed by atoms with Crippen LogP contribution in [0, 0.1) is 11.6 Å². The van der Waals surface area contributed by atoms with Gasteiger partial charge in [-0.1, -0.05) is 0 Å². The lowest BCUT2D eigenvalue weighted by molar-refractivity contribution is 0.0155. The van der Waals surface area contributed by atoms with Gasteiger partial charge in [0.25, 0.3) is 0 Å². The number of aliphatic hydroxyl groups is 1. The second-order valence-corrected chi connectivity index (χ2v) is 3.29. The predicted molar refractivity (Wildman–Crippen MR) is 51.4 cm³/mol. The van der Waals surface area contributed by atoms with Crippen LogP contribution in [-0.2, 0) is 4.74 Å². The number of amides is 1. The van der Waals surface area contributed by atoms with Crippen LogP contribution in [-0.4, -0.2) is 17.3 Å². The monoisotopic (exact) mass is 231 g/mol. The topological polar surface area (TPSA) is 72.5 Å². The van der Waals surface area contributed by atoms with Gasteiger partial charge in [-0.3, -0.25) is 0 Å². The summed E-state index contributed by atoms with van der Waals surface area (Å²) in [5.74, 6) is -1.64. The SMILES string of the molecule is C[C@H](OC(N)=O)[C@@H](O)c1cc(F)cc(F)c1. The summed E-state index contributed by atoms with van der Waals surface area (Å²) >= 11 is 0. The zero-order valence-electron chi connectivity index (χ0n) is 8.48. The highest BCUT2D eigenvalue weighted by atomic mass is 19.1. The Hall–Kier alpha value is -1.69. The first-order chi connectivity index (χ1) is 7.40. The highest BCUT2D eigenvalue weighted by molar-refractivity contribution is 5.64. The first-order valence-corrected chi connectivity index (χ1v) is 4.50. The lowest BCUT2D eigenvalue weighted by atomic mass is 10.1. The van der Waals surface area contributed by atoms with Crippen LogP contribution in [0.4, 0.5) is 13.6 Å². The van der Waals surface area contributed by atoms with Crippen LogP contribution >= 0.6 is 0 Å². The Morgan fingerprint density at radius 1 is 1.38 bits per heavy atom. The van der Waals surface area contributed by atoms with E-state index in [-0.39, 0.29) is 5.56 Å². The summed E-state index contributed by atoms with van der Waals surface area (Å²) in [7, 11) is 0. The molecule has 0 spiro atoms. The minimum Gasteiger partial charge on any atom is -0.444 e. The number of aliphatic hydroxyl groups excluding tert-OH is 1. The molecule has 0 unspecified atom stereocenters. The first-order valence-electron chi connectivity index (χ1n) is 4.50. The molecule has 1 aromatic rings. The summed E-state index contributed by atoms with van der Waals surface area (Å²) in [6.45, 7) is 1.36. The Morgan fingerprint density at radius 2 is 1.88 bits per heavy atom. The molecule has 6 heteroatoms. The van der Waals surface area contributed by atoms with Crippen LogP contribution in [0.15, 0.2) is 18.2 Å². The fourth-order valence-corrected chi connectivity index (χ4v) is 1.26. The van der Waals surface area contributed by atoms with Crippen molar-refractivity contribution in [2.75, 3.05) is 0 Å². The van der Waals surface area contributed by atoms with Crippen molar-refractivity contribution in [2.24, 2.45) is 5.73 Å². The Bertz CT molecular complexity index is 377. The summed E-state index contributed by atoms with van der Waals surface area (Å²) in [6, 6.07) is 2.58. The first kappa shape index (κ1) is 12.4. The Kier molecular flexibility index (Phi) is 3.78. The number of carbonyl (C=O) groups is 1. The lowest BCUT2D eigenvalue weighted by Crippen LogP contribution is -2.25. The largest absolute Gasteiger partial charge is 0.444 e. The van der Waals surface area contributed by atoms with Gasteiger partial charge in [-0.25, -0.2) is 13.6 Å². The summed E-state index contributed by atoms with van der Waals surface area (Å²) < 4.78 is 30.2. The molecule has 88 valence electrons. The molecule has 0 aliphatic rings. The summed E-state index contributed by atoms with van der Waals surface area (Å²) in [4.78, 5) is 10.4. The molecule has 0 aromatic heterocycles. The van der Waals surface area contributed by atoms with E-state index in [9.17, 15) is 18.7 Å². The summed E-state index contributed by atoms with van der Waals surface area (Å²) in [5, 5.41) is 9.62. The van der Waals surface area contributed by atoms with Crippen LogP contribution in [0.2, 0.25) is 0 Å². The fraction of sp³-hybridized carbons (Fsp3) is 0.300. The quantitative estimate of drug-likeness (QED) is 0.827. The Labute approximate surface area is 90.6 Å². The highest BCUT2D eigenvalue weighted by Crippen LogP contribution is 2.21. The smallest absolute Gasteiger partial charge is 0.404 e. The van der Waals surface area contributed by atoms with E-state index in [4.69, 9.17) is 5.73 Å². The molecule has 0 saturated heterocycles. The number of carbonyl (C=O) groups excluding carboxylic acids is 1. The van der Waals surface area contributed by atoms with Crippen LogP contribution in [0.3, 0.4) is 0 Å². The summed E-state index contributed by atoms with van der Waals surface area (Å²) in [5.41, 5.74) is 4.73. The van der Waals surface area contributed by atoms with Gasteiger partial charge in [0.1, 0.15) is 23.8 Å². The number of hydrogen-bond acceptors (Lipinski definition) is 3. The third-order valence-corrected chi connectivity index (χ3v) is 1.97. The molecule has 1 rings (SSSR count). The van der Waals surface area contributed by atoms with E-state index < -0.39 is 29.9 Å². The van der Waals surface area contributed by atoms with Crippen molar-refractivity contribution in [3.8, 4) is 0 Å². The molecule has 0 fully saturated rings. The molecule has 0 radical (unpaired) electrons. The third kappa shape index (κ3) is 3.16. The standard InChI is InChI=1S/C10H11F2NO3/c1-5(16-10(13)15)9(14)6-2-7(11)4-8(12)3-6/h2-5,9,14H,1H3,(H2,13,15)/t5-,9+/m0/s1. The van der Waals surface area contributed by atoms with E-state index in [1.54, 1.807) is 0 Å². The number of halogens is 2. The zero-order chi connectivity index (χ0) is 12.3. The van der Waals surface area contributed by atoms with Crippen molar-refractivity contribution < 1.29 is 23.4 Å². The minimum atomic E-state index is -1.34. The molecule has 3 N–H and O–H groups in total. The van der Waals surface area contributed by atoms with Crippen molar-refractivity contribution in [1.29, 1.82) is 0 Å². The average molecular weight is 231 g/mol. The fourth-order valence-electron chi connectivity index (χ4n) is 1.26. The van der Waals surface area contributed by atoms with Crippen LogP contribution < -0.4 is 5.73 Å². The number of nitrogens with two attached hydrogens (primary N) is 1. The number of primary amides is 1. The molecule has 4 nitrogen and oxygen atoms in total. The van der Waals surface area contributed by atoms with Crippen molar-refractivity contribution in [2.45, 2.75) is 19.1 Å². The second kappa shape index (κ2) is 4.89. The highest BCUT2D eigenvalue weighted by Gasteiger charge is 2.20. The van der Waals surface area contributed by atoms with Crippen LogP contribution in [0.25, 0.3) is 0 Å². The van der Waals surface area contributed by atoms with Gasteiger partial charge in [-0.15, -0.1) is 0 Å². The maximum absolute atomic E-state index is 12.8. The third-order valence-electron chi connectivity index (χ3n) is 1.97. The molecular weight excluding hydrogens is 220 g/mol. The van der Waals surface area contributed by atoms with Gasteiger partial charge in [-0.05, 0) is 24.6 Å². The van der Waals surface area contributed by atoms with E-state index in [0.717, 1.165) is 12.1 Å². The molecule has 0 saturated carbocycles. The number of rotatable bonds is 3. The molecule has 0 bridgehead atoms. The van der Waals surface area contributed by atoms with Crippen LogP contribution in [0.1, 0.15) is 18.6 Å². The normalized spacial score (nSPS) is 14.2. The van der Waals surface area contributed by atoms with E-state index in [1.165, 1.54) is 6.92 Å². The van der Waals surface area contributed by atoms with Crippen molar-refractivity contribution >= 4 is 6.09 Å². The van der Waals surface area contributed by atoms with Crippen molar-refractivity contribution in [3.63, 3.8) is 0 Å². The van der Waals surface area contributed by atoms with Gasteiger partial charge in [0.15, 0.2) is 0 Å². The van der Waals surface area contributed by atoms with E-state index in [1.807, 2.05) is 0 Å². The van der Waals surface area contributed by atoms with Gasteiger partial charge >= 0.3 is 6.09 Å². The number of hydrogen-bond donors (Lipinski definition) is 2. The van der Waals surface area contributed by atoms with Crippen molar-refractivity contribution in [1.82, 2.24) is 0 Å². The molecule has 16 heavy (non-hydrogen) atoms. The molecule has 0 aliphatic carbocycles. The molecule has 1 amide bonds. The number of ether oxygens (including phenoxy) is 1. The molecular formula is C10H11F2NO3. The molecule has 2 atom stereocenters. The Balaban J connectivity index is 2.86. The average Bonchev–Trinajstić information content (AvgIpc) is 2.13. The summed E-state index contributed by atoms with van der Waals surface area (Å²) in [6.07, 6.45) is -3.39. The van der Waals surface area contributed by atoms with Gasteiger partial charge in [0.05, 0.1) is 0 Å². The second-order valence-electron chi connectivity index (χ2n) is 3.29. The van der Waals surface area contributed by atoms with E-state index in [0.29, 0.717) is 6.07 Å². The van der Waals surface area contributed by atoms with Crippen molar-refractivity contribution in [3.05, 3.63) is 35.4 Å².